The molecule has 0 bridgehead atoms. The molecule has 3 rings (SSSR count). The van der Waals surface area contributed by atoms with Gasteiger partial charge in [0.15, 0.2) is 0 Å². The Morgan fingerprint density at radius 1 is 1.00 bits per heavy atom. The molecule has 2 aromatic carbocycles. The maximum atomic E-state index is 12.2. The van der Waals surface area contributed by atoms with Crippen LogP contribution in [0.25, 0.3) is 0 Å². The lowest BCUT2D eigenvalue weighted by molar-refractivity contribution is -0.128. The van der Waals surface area contributed by atoms with E-state index in [1.165, 1.54) is 0 Å². The van der Waals surface area contributed by atoms with Crippen LogP contribution in [0.2, 0.25) is 0 Å². The molecule has 0 atom stereocenters. The van der Waals surface area contributed by atoms with Gasteiger partial charge in [0.25, 0.3) is 0 Å². The van der Waals surface area contributed by atoms with E-state index in [9.17, 15) is 14.4 Å². The van der Waals surface area contributed by atoms with Gasteiger partial charge in [-0.05, 0) is 47.7 Å². The van der Waals surface area contributed by atoms with Crippen molar-refractivity contribution in [3.05, 3.63) is 59.7 Å². The molecule has 1 saturated heterocycles. The molecule has 4 amide bonds. The molecule has 2 aromatic rings. The van der Waals surface area contributed by atoms with Gasteiger partial charge in [0.05, 0.1) is 0 Å². The molecule has 0 saturated carbocycles. The summed E-state index contributed by atoms with van der Waals surface area (Å²) in [5.41, 5.74) is 3.37. The minimum atomic E-state index is -0.309. The average molecular weight is 423 g/mol. The number of hydrogen-bond donors (Lipinski definition) is 3. The first-order valence-corrected chi connectivity index (χ1v) is 10.7. The van der Waals surface area contributed by atoms with Crippen molar-refractivity contribution in [2.24, 2.45) is 5.92 Å². The lowest BCUT2D eigenvalue weighted by Gasteiger charge is -2.16. The minimum absolute atomic E-state index is 0.0234. The van der Waals surface area contributed by atoms with Crippen LogP contribution in [0, 0.1) is 5.92 Å². The van der Waals surface area contributed by atoms with Crippen molar-refractivity contribution in [1.82, 2.24) is 10.2 Å². The summed E-state index contributed by atoms with van der Waals surface area (Å²) in [5.74, 6) is 0.478. The molecule has 1 aliphatic heterocycles. The maximum Gasteiger partial charge on any atom is 0.319 e. The van der Waals surface area contributed by atoms with Crippen LogP contribution in [0.1, 0.15) is 44.2 Å². The van der Waals surface area contributed by atoms with Crippen molar-refractivity contribution in [1.29, 1.82) is 0 Å². The van der Waals surface area contributed by atoms with Crippen LogP contribution in [0.5, 0.6) is 0 Å². The third-order valence-corrected chi connectivity index (χ3v) is 5.01. The Hall–Kier alpha value is -3.35. The minimum Gasteiger partial charge on any atom is -0.338 e. The van der Waals surface area contributed by atoms with Crippen molar-refractivity contribution in [3.8, 4) is 0 Å². The van der Waals surface area contributed by atoms with Gasteiger partial charge in [-0.1, -0.05) is 38.1 Å². The molecule has 0 unspecified atom stereocenters. The second kappa shape index (κ2) is 10.6. The summed E-state index contributed by atoms with van der Waals surface area (Å²) in [6, 6.07) is 14.6. The third-order valence-electron chi connectivity index (χ3n) is 5.01. The summed E-state index contributed by atoms with van der Waals surface area (Å²) in [5, 5.41) is 8.48. The molecule has 164 valence electrons. The lowest BCUT2D eigenvalue weighted by Crippen LogP contribution is -2.28. The predicted molar refractivity (Wildman–Crippen MR) is 121 cm³/mol. The van der Waals surface area contributed by atoms with Crippen LogP contribution in [0.4, 0.5) is 16.2 Å². The second-order valence-electron chi connectivity index (χ2n) is 8.27. The molecule has 3 N–H and O–H groups in total. The number of urea groups is 1. The standard InChI is InChI=1S/C24H30N4O3/c1-17(2)13-22(29)26-20-8-10-21(11-9-20)27-24(31)25-15-18-5-3-6-19(14-18)16-28-12-4-7-23(28)30/h3,5-6,8-11,14,17H,4,7,12-13,15-16H2,1-2H3,(H,26,29)(H2,25,27,31). The van der Waals surface area contributed by atoms with Crippen LogP contribution in [-0.2, 0) is 22.7 Å². The van der Waals surface area contributed by atoms with E-state index in [1.54, 1.807) is 24.3 Å². The highest BCUT2D eigenvalue weighted by atomic mass is 16.2. The van der Waals surface area contributed by atoms with Gasteiger partial charge in [0.1, 0.15) is 0 Å². The smallest absolute Gasteiger partial charge is 0.319 e. The van der Waals surface area contributed by atoms with E-state index in [0.717, 1.165) is 24.1 Å². The number of benzene rings is 2. The van der Waals surface area contributed by atoms with Crippen LogP contribution in [-0.4, -0.2) is 29.3 Å². The normalized spacial score (nSPS) is 13.4. The number of rotatable bonds is 8. The molecule has 1 heterocycles. The van der Waals surface area contributed by atoms with E-state index in [4.69, 9.17) is 0 Å². The highest BCUT2D eigenvalue weighted by Gasteiger charge is 2.19. The monoisotopic (exact) mass is 422 g/mol. The van der Waals surface area contributed by atoms with Gasteiger partial charge in [0, 0.05) is 43.9 Å². The van der Waals surface area contributed by atoms with E-state index >= 15 is 0 Å². The summed E-state index contributed by atoms with van der Waals surface area (Å²) >= 11 is 0. The van der Waals surface area contributed by atoms with Crippen LogP contribution >= 0.6 is 0 Å². The van der Waals surface area contributed by atoms with Crippen LogP contribution in [0.3, 0.4) is 0 Å². The topological polar surface area (TPSA) is 90.5 Å². The molecule has 0 spiro atoms. The molecule has 0 radical (unpaired) electrons. The molecule has 1 fully saturated rings. The van der Waals surface area contributed by atoms with E-state index < -0.39 is 0 Å². The number of carbonyl (C=O) groups excluding carboxylic acids is 3. The first-order chi connectivity index (χ1) is 14.9. The number of nitrogens with one attached hydrogen (secondary N) is 3. The number of hydrogen-bond acceptors (Lipinski definition) is 3. The zero-order chi connectivity index (χ0) is 22.2. The predicted octanol–water partition coefficient (Wildman–Crippen LogP) is 4.12. The molecule has 31 heavy (non-hydrogen) atoms. The first-order valence-electron chi connectivity index (χ1n) is 10.7. The van der Waals surface area contributed by atoms with Gasteiger partial charge in [-0.3, -0.25) is 9.59 Å². The average Bonchev–Trinajstić information content (AvgIpc) is 3.12. The Bertz CT molecular complexity index is 925. The van der Waals surface area contributed by atoms with E-state index in [0.29, 0.717) is 43.2 Å². The number of nitrogens with zero attached hydrogens (tertiary/aromatic N) is 1. The fraction of sp³-hybridized carbons (Fsp3) is 0.375. The van der Waals surface area contributed by atoms with E-state index in [1.807, 2.05) is 43.0 Å². The van der Waals surface area contributed by atoms with Gasteiger partial charge < -0.3 is 20.9 Å². The van der Waals surface area contributed by atoms with Gasteiger partial charge >= 0.3 is 6.03 Å². The van der Waals surface area contributed by atoms with Crippen molar-refractivity contribution < 1.29 is 14.4 Å². The van der Waals surface area contributed by atoms with Gasteiger partial charge in [-0.2, -0.15) is 0 Å². The molecular formula is C24H30N4O3. The molecule has 7 nitrogen and oxygen atoms in total. The number of anilines is 2. The molecule has 0 aromatic heterocycles. The van der Waals surface area contributed by atoms with Crippen molar-refractivity contribution in [2.45, 2.75) is 46.2 Å². The number of amides is 4. The molecular weight excluding hydrogens is 392 g/mol. The van der Waals surface area contributed by atoms with Crippen molar-refractivity contribution in [3.63, 3.8) is 0 Å². The van der Waals surface area contributed by atoms with E-state index in [2.05, 4.69) is 16.0 Å². The maximum absolute atomic E-state index is 12.2. The van der Waals surface area contributed by atoms with Crippen LogP contribution in [0.15, 0.2) is 48.5 Å². The summed E-state index contributed by atoms with van der Waals surface area (Å²) in [4.78, 5) is 37.7. The fourth-order valence-electron chi connectivity index (χ4n) is 3.51. The molecule has 7 heteroatoms. The molecule has 1 aliphatic rings. The van der Waals surface area contributed by atoms with E-state index in [-0.39, 0.29) is 17.8 Å². The Labute approximate surface area is 183 Å². The Kier molecular flexibility index (Phi) is 7.65. The Morgan fingerprint density at radius 3 is 2.32 bits per heavy atom. The van der Waals surface area contributed by atoms with Crippen molar-refractivity contribution in [2.75, 3.05) is 17.2 Å². The number of carbonyl (C=O) groups is 3. The quantitative estimate of drug-likeness (QED) is 0.598. The summed E-state index contributed by atoms with van der Waals surface area (Å²) < 4.78 is 0. The lowest BCUT2D eigenvalue weighted by atomic mass is 10.1. The zero-order valence-corrected chi connectivity index (χ0v) is 18.1. The SMILES string of the molecule is CC(C)CC(=O)Nc1ccc(NC(=O)NCc2cccc(CN3CCCC3=O)c2)cc1. The Balaban J connectivity index is 1.46. The Morgan fingerprint density at radius 2 is 1.68 bits per heavy atom. The first kappa shape index (κ1) is 22.3. The zero-order valence-electron chi connectivity index (χ0n) is 18.1. The molecule has 0 aliphatic carbocycles. The second-order valence-corrected chi connectivity index (χ2v) is 8.27. The van der Waals surface area contributed by atoms with Crippen LogP contribution < -0.4 is 16.0 Å². The van der Waals surface area contributed by atoms with Gasteiger partial charge in [-0.25, -0.2) is 4.79 Å². The fourth-order valence-corrected chi connectivity index (χ4v) is 3.51. The third kappa shape index (κ3) is 7.13. The largest absolute Gasteiger partial charge is 0.338 e. The highest BCUT2D eigenvalue weighted by molar-refractivity contribution is 5.92. The van der Waals surface area contributed by atoms with Gasteiger partial charge in [-0.15, -0.1) is 0 Å². The summed E-state index contributed by atoms with van der Waals surface area (Å²) in [6.07, 6.45) is 2.02. The number of likely N-dealkylation sites (tertiary alicyclic amines) is 1. The summed E-state index contributed by atoms with van der Waals surface area (Å²) in [7, 11) is 0. The highest BCUT2D eigenvalue weighted by Crippen LogP contribution is 2.16. The van der Waals surface area contributed by atoms with Gasteiger partial charge in [0.2, 0.25) is 11.8 Å². The van der Waals surface area contributed by atoms with Crippen molar-refractivity contribution >= 4 is 29.2 Å². The summed E-state index contributed by atoms with van der Waals surface area (Å²) in [6.45, 7) is 5.80.